The van der Waals surface area contributed by atoms with Gasteiger partial charge in [-0.3, -0.25) is 0 Å². The Morgan fingerprint density at radius 3 is 2.52 bits per heavy atom. The number of hydrogen-bond donors (Lipinski definition) is 2. The lowest BCUT2D eigenvalue weighted by atomic mass is 10.4. The number of nitrogens with zero attached hydrogens (tertiary/aromatic N) is 3. The molecular formula is C15H27Cl2N5O2S. The van der Waals surface area contributed by atoms with Crippen LogP contribution in [0.4, 0.5) is 0 Å². The molecule has 0 saturated heterocycles. The predicted octanol–water partition coefficient (Wildman–Crippen LogP) is 2.06. The molecular weight excluding hydrogens is 385 g/mol. The highest BCUT2D eigenvalue weighted by Crippen LogP contribution is 2.25. The van der Waals surface area contributed by atoms with Gasteiger partial charge in [0.2, 0.25) is 10.0 Å². The zero-order valence-electron chi connectivity index (χ0n) is 15.1. The van der Waals surface area contributed by atoms with Gasteiger partial charge < -0.3 is 15.2 Å². The molecule has 1 aromatic heterocycles. The summed E-state index contributed by atoms with van der Waals surface area (Å²) in [6.07, 6.45) is 0.682. The number of nitrogens with one attached hydrogen (secondary N) is 2. The standard InChI is InChI=1S/C15H27Cl2N5O2S/c1-5-18-15(19-8-7-9-21(3)25(23,24)6-2)20-11-12-10-13(16)14(17)22(12)4/h10H,5-9,11H2,1-4H3,(H2,18,19,20). The van der Waals surface area contributed by atoms with Crippen LogP contribution < -0.4 is 10.6 Å². The van der Waals surface area contributed by atoms with Crippen molar-refractivity contribution in [3.63, 3.8) is 0 Å². The Morgan fingerprint density at radius 1 is 1.32 bits per heavy atom. The van der Waals surface area contributed by atoms with Gasteiger partial charge in [-0.05, 0) is 26.3 Å². The lowest BCUT2D eigenvalue weighted by molar-refractivity contribution is 0.461. The summed E-state index contributed by atoms with van der Waals surface area (Å²) in [4.78, 5) is 4.51. The summed E-state index contributed by atoms with van der Waals surface area (Å²) >= 11 is 12.1. The van der Waals surface area contributed by atoms with Crippen molar-refractivity contribution in [2.75, 3.05) is 32.4 Å². The summed E-state index contributed by atoms with van der Waals surface area (Å²) in [7, 11) is 0.305. The minimum atomic E-state index is -3.13. The van der Waals surface area contributed by atoms with Gasteiger partial charge in [0.1, 0.15) is 5.15 Å². The first-order valence-corrected chi connectivity index (χ1v) is 10.5. The Bertz CT molecular complexity index is 688. The number of aromatic nitrogens is 1. The van der Waals surface area contributed by atoms with E-state index < -0.39 is 10.0 Å². The lowest BCUT2D eigenvalue weighted by Gasteiger charge is -2.16. The number of guanidine groups is 1. The Labute approximate surface area is 160 Å². The van der Waals surface area contributed by atoms with Gasteiger partial charge in [0.15, 0.2) is 5.96 Å². The van der Waals surface area contributed by atoms with Crippen LogP contribution in [0.3, 0.4) is 0 Å². The van der Waals surface area contributed by atoms with Crippen LogP contribution in [0.1, 0.15) is 26.0 Å². The molecule has 0 amide bonds. The molecule has 2 N–H and O–H groups in total. The van der Waals surface area contributed by atoms with Gasteiger partial charge in [0.05, 0.1) is 17.3 Å². The molecule has 1 heterocycles. The van der Waals surface area contributed by atoms with Crippen molar-refractivity contribution in [1.82, 2.24) is 19.5 Å². The molecule has 0 aliphatic heterocycles. The Hall–Kier alpha value is -0.960. The number of rotatable bonds is 9. The minimum Gasteiger partial charge on any atom is -0.357 e. The van der Waals surface area contributed by atoms with E-state index in [-0.39, 0.29) is 5.75 Å². The molecule has 0 aliphatic carbocycles. The van der Waals surface area contributed by atoms with E-state index in [1.165, 1.54) is 4.31 Å². The normalized spacial score (nSPS) is 12.7. The van der Waals surface area contributed by atoms with Crippen LogP contribution in [-0.4, -0.2) is 55.7 Å². The Balaban J connectivity index is 2.55. The third-order valence-corrected chi connectivity index (χ3v) is 6.44. The van der Waals surface area contributed by atoms with E-state index in [1.54, 1.807) is 24.6 Å². The molecule has 0 unspecified atom stereocenters. The van der Waals surface area contributed by atoms with Crippen LogP contribution in [0.2, 0.25) is 10.2 Å². The molecule has 0 aromatic carbocycles. The molecule has 0 bridgehead atoms. The van der Waals surface area contributed by atoms with Crippen molar-refractivity contribution in [3.8, 4) is 0 Å². The molecule has 0 spiro atoms. The fraction of sp³-hybridized carbons (Fsp3) is 0.667. The van der Waals surface area contributed by atoms with Gasteiger partial charge in [0.25, 0.3) is 0 Å². The first kappa shape index (κ1) is 22.1. The smallest absolute Gasteiger partial charge is 0.213 e. The minimum absolute atomic E-state index is 0.114. The molecule has 0 radical (unpaired) electrons. The number of aliphatic imine (C=N–C) groups is 1. The molecule has 1 rings (SSSR count). The van der Waals surface area contributed by atoms with Crippen LogP contribution in [0.5, 0.6) is 0 Å². The highest BCUT2D eigenvalue weighted by atomic mass is 35.5. The molecule has 0 aliphatic rings. The summed E-state index contributed by atoms with van der Waals surface area (Å²) in [5, 5.41) is 7.35. The van der Waals surface area contributed by atoms with Gasteiger partial charge >= 0.3 is 0 Å². The van der Waals surface area contributed by atoms with E-state index in [4.69, 9.17) is 23.2 Å². The second kappa shape index (κ2) is 10.3. The fourth-order valence-corrected chi connectivity index (χ4v) is 3.37. The van der Waals surface area contributed by atoms with E-state index in [2.05, 4.69) is 15.6 Å². The van der Waals surface area contributed by atoms with Crippen LogP contribution in [0.15, 0.2) is 11.1 Å². The van der Waals surface area contributed by atoms with Crippen LogP contribution >= 0.6 is 23.2 Å². The van der Waals surface area contributed by atoms with Crippen molar-refractivity contribution >= 4 is 39.2 Å². The van der Waals surface area contributed by atoms with E-state index in [0.717, 1.165) is 12.2 Å². The number of halogens is 2. The topological polar surface area (TPSA) is 78.7 Å². The first-order chi connectivity index (χ1) is 11.7. The van der Waals surface area contributed by atoms with Crippen LogP contribution in [-0.2, 0) is 23.6 Å². The number of hydrogen-bond acceptors (Lipinski definition) is 3. The monoisotopic (exact) mass is 411 g/mol. The first-order valence-electron chi connectivity index (χ1n) is 8.18. The molecule has 7 nitrogen and oxygen atoms in total. The predicted molar refractivity (Wildman–Crippen MR) is 105 cm³/mol. The zero-order valence-corrected chi connectivity index (χ0v) is 17.5. The van der Waals surface area contributed by atoms with Gasteiger partial charge in [-0.1, -0.05) is 23.2 Å². The summed E-state index contributed by atoms with van der Waals surface area (Å²) in [6.45, 7) is 5.86. The highest BCUT2D eigenvalue weighted by molar-refractivity contribution is 7.89. The van der Waals surface area contributed by atoms with E-state index in [1.807, 2.05) is 14.0 Å². The maximum atomic E-state index is 11.7. The van der Waals surface area contributed by atoms with Crippen molar-refractivity contribution in [2.24, 2.45) is 12.0 Å². The lowest BCUT2D eigenvalue weighted by Crippen LogP contribution is -2.39. The van der Waals surface area contributed by atoms with E-state index in [9.17, 15) is 8.42 Å². The molecule has 25 heavy (non-hydrogen) atoms. The quantitative estimate of drug-likeness (QED) is 0.370. The SMILES string of the molecule is CCNC(=NCc1cc(Cl)c(Cl)n1C)NCCCN(C)S(=O)(=O)CC. The largest absolute Gasteiger partial charge is 0.357 e. The third-order valence-electron chi connectivity index (χ3n) is 3.74. The van der Waals surface area contributed by atoms with Crippen LogP contribution in [0, 0.1) is 0 Å². The molecule has 0 fully saturated rings. The van der Waals surface area contributed by atoms with Crippen LogP contribution in [0.25, 0.3) is 0 Å². The Kier molecular flexibility index (Phi) is 9.06. The van der Waals surface area contributed by atoms with E-state index in [0.29, 0.717) is 42.2 Å². The summed E-state index contributed by atoms with van der Waals surface area (Å²) < 4.78 is 26.6. The average molecular weight is 412 g/mol. The van der Waals surface area contributed by atoms with Gasteiger partial charge in [0, 0.05) is 39.4 Å². The molecule has 0 atom stereocenters. The summed E-state index contributed by atoms with van der Waals surface area (Å²) in [6, 6.07) is 1.79. The molecule has 1 aromatic rings. The summed E-state index contributed by atoms with van der Waals surface area (Å²) in [5.41, 5.74) is 0.904. The van der Waals surface area contributed by atoms with Crippen molar-refractivity contribution in [2.45, 2.75) is 26.8 Å². The second-order valence-electron chi connectivity index (χ2n) is 5.53. The van der Waals surface area contributed by atoms with Gasteiger partial charge in [-0.2, -0.15) is 0 Å². The fourth-order valence-electron chi connectivity index (χ4n) is 2.11. The second-order valence-corrected chi connectivity index (χ2v) is 8.66. The molecule has 10 heteroatoms. The third kappa shape index (κ3) is 6.69. The summed E-state index contributed by atoms with van der Waals surface area (Å²) in [5.74, 6) is 0.778. The van der Waals surface area contributed by atoms with Crippen molar-refractivity contribution in [1.29, 1.82) is 0 Å². The van der Waals surface area contributed by atoms with Crippen molar-refractivity contribution in [3.05, 3.63) is 21.9 Å². The maximum absolute atomic E-state index is 11.7. The van der Waals surface area contributed by atoms with Crippen molar-refractivity contribution < 1.29 is 8.42 Å². The zero-order chi connectivity index (χ0) is 19.0. The maximum Gasteiger partial charge on any atom is 0.213 e. The van der Waals surface area contributed by atoms with Gasteiger partial charge in [-0.15, -0.1) is 0 Å². The Morgan fingerprint density at radius 2 is 2.00 bits per heavy atom. The molecule has 144 valence electrons. The molecule has 0 saturated carbocycles. The van der Waals surface area contributed by atoms with Gasteiger partial charge in [-0.25, -0.2) is 17.7 Å². The average Bonchev–Trinajstić information content (AvgIpc) is 2.83. The highest BCUT2D eigenvalue weighted by Gasteiger charge is 2.14. The number of sulfonamides is 1. The van der Waals surface area contributed by atoms with E-state index >= 15 is 0 Å².